The van der Waals surface area contributed by atoms with Crippen LogP contribution in [0.1, 0.15) is 38.4 Å². The molecule has 0 saturated carbocycles. The van der Waals surface area contributed by atoms with Crippen LogP contribution in [0.2, 0.25) is 0 Å². The van der Waals surface area contributed by atoms with Gasteiger partial charge in [0.1, 0.15) is 0 Å². The van der Waals surface area contributed by atoms with E-state index in [0.717, 1.165) is 17.0 Å². The second-order valence-corrected chi connectivity index (χ2v) is 6.34. The van der Waals surface area contributed by atoms with Gasteiger partial charge >= 0.3 is 0 Å². The normalized spacial score (nSPS) is 11.1. The average molecular weight is 346 g/mol. The quantitative estimate of drug-likeness (QED) is 0.576. The summed E-state index contributed by atoms with van der Waals surface area (Å²) in [6.07, 6.45) is 4.85. The van der Waals surface area contributed by atoms with Crippen LogP contribution < -0.4 is 5.43 Å². The summed E-state index contributed by atoms with van der Waals surface area (Å²) in [6, 6.07) is 11.7. The number of hydrogen-bond acceptors (Lipinski definition) is 3. The number of nitrogens with zero attached hydrogens (tertiary/aromatic N) is 3. The van der Waals surface area contributed by atoms with Crippen LogP contribution in [0.25, 0.3) is 5.69 Å². The summed E-state index contributed by atoms with van der Waals surface area (Å²) in [4.78, 5) is 15.9. The van der Waals surface area contributed by atoms with Gasteiger partial charge in [0.2, 0.25) is 0 Å². The molecule has 1 amide bonds. The van der Waals surface area contributed by atoms with Crippen molar-refractivity contribution in [2.45, 2.75) is 27.7 Å². The standard InChI is InChI=1S/C21H22N4O/c1-14-6-5-7-15(2)20(14)25-16(3)12-19(17(25)4)13-23-24-21(26)18-8-10-22-11-9-18/h5-13H,1-4H3,(H,24,26)/b23-13-. The maximum atomic E-state index is 12.0. The monoisotopic (exact) mass is 346 g/mol. The van der Waals surface area contributed by atoms with E-state index in [2.05, 4.69) is 72.0 Å². The topological polar surface area (TPSA) is 59.3 Å². The Bertz CT molecular complexity index is 951. The Kier molecular flexibility index (Phi) is 4.98. The van der Waals surface area contributed by atoms with Crippen LogP contribution in [-0.4, -0.2) is 21.7 Å². The molecule has 5 heteroatoms. The zero-order chi connectivity index (χ0) is 18.7. The maximum Gasteiger partial charge on any atom is 0.271 e. The minimum Gasteiger partial charge on any atom is -0.317 e. The summed E-state index contributed by atoms with van der Waals surface area (Å²) < 4.78 is 2.23. The molecule has 0 aliphatic heterocycles. The van der Waals surface area contributed by atoms with Gasteiger partial charge in [-0.15, -0.1) is 0 Å². The molecule has 0 unspecified atom stereocenters. The van der Waals surface area contributed by atoms with Crippen LogP contribution in [0, 0.1) is 27.7 Å². The van der Waals surface area contributed by atoms with Crippen LogP contribution in [0.5, 0.6) is 0 Å². The van der Waals surface area contributed by atoms with E-state index in [9.17, 15) is 4.79 Å². The Morgan fingerprint density at radius 3 is 2.38 bits per heavy atom. The molecule has 3 rings (SSSR count). The minimum absolute atomic E-state index is 0.257. The van der Waals surface area contributed by atoms with Gasteiger partial charge in [0.25, 0.3) is 5.91 Å². The number of aromatic nitrogens is 2. The van der Waals surface area contributed by atoms with Gasteiger partial charge in [-0.2, -0.15) is 5.10 Å². The predicted molar refractivity (Wildman–Crippen MR) is 104 cm³/mol. The number of hydrazone groups is 1. The Morgan fingerprint density at radius 2 is 1.73 bits per heavy atom. The lowest BCUT2D eigenvalue weighted by molar-refractivity contribution is 0.0955. The first-order chi connectivity index (χ1) is 12.5. The summed E-state index contributed by atoms with van der Waals surface area (Å²) in [6.45, 7) is 8.37. The zero-order valence-corrected chi connectivity index (χ0v) is 15.4. The molecule has 2 aromatic heterocycles. The summed E-state index contributed by atoms with van der Waals surface area (Å²) >= 11 is 0. The second-order valence-electron chi connectivity index (χ2n) is 6.34. The fourth-order valence-corrected chi connectivity index (χ4v) is 3.15. The maximum absolute atomic E-state index is 12.0. The van der Waals surface area contributed by atoms with Crippen molar-refractivity contribution in [1.82, 2.24) is 15.0 Å². The molecule has 0 spiro atoms. The highest BCUT2D eigenvalue weighted by Crippen LogP contribution is 2.25. The van der Waals surface area contributed by atoms with Gasteiger partial charge in [-0.25, -0.2) is 5.43 Å². The fraction of sp³-hybridized carbons (Fsp3) is 0.190. The van der Waals surface area contributed by atoms with E-state index in [1.807, 2.05) is 0 Å². The Morgan fingerprint density at radius 1 is 1.08 bits per heavy atom. The molecule has 0 saturated heterocycles. The molecule has 1 aromatic carbocycles. The van der Waals surface area contributed by atoms with E-state index < -0.39 is 0 Å². The van der Waals surface area contributed by atoms with Crippen molar-refractivity contribution in [3.8, 4) is 5.69 Å². The number of hydrogen-bond donors (Lipinski definition) is 1. The first-order valence-electron chi connectivity index (χ1n) is 8.48. The summed E-state index contributed by atoms with van der Waals surface area (Å²) in [7, 11) is 0. The zero-order valence-electron chi connectivity index (χ0n) is 15.4. The molecular formula is C21H22N4O. The number of para-hydroxylation sites is 1. The van der Waals surface area contributed by atoms with Gasteiger partial charge < -0.3 is 4.57 Å². The van der Waals surface area contributed by atoms with E-state index in [-0.39, 0.29) is 5.91 Å². The van der Waals surface area contributed by atoms with Crippen molar-refractivity contribution < 1.29 is 4.79 Å². The number of carbonyl (C=O) groups excluding carboxylic acids is 1. The number of pyridine rings is 1. The van der Waals surface area contributed by atoms with E-state index in [4.69, 9.17) is 0 Å². The van der Waals surface area contributed by atoms with Gasteiger partial charge in [0.05, 0.1) is 11.9 Å². The molecule has 26 heavy (non-hydrogen) atoms. The summed E-state index contributed by atoms with van der Waals surface area (Å²) in [5.74, 6) is -0.257. The van der Waals surface area contributed by atoms with Crippen molar-refractivity contribution in [3.63, 3.8) is 0 Å². The lowest BCUT2D eigenvalue weighted by Crippen LogP contribution is -2.17. The molecule has 0 bridgehead atoms. The second kappa shape index (κ2) is 7.35. The lowest BCUT2D eigenvalue weighted by Gasteiger charge is -2.15. The number of rotatable bonds is 4. The SMILES string of the molecule is Cc1cccc(C)c1-n1c(C)cc(/C=N\NC(=O)c2ccncc2)c1C. The Labute approximate surface area is 153 Å². The third kappa shape index (κ3) is 3.42. The minimum atomic E-state index is -0.257. The van der Waals surface area contributed by atoms with Crippen molar-refractivity contribution in [3.05, 3.63) is 82.4 Å². The molecule has 132 valence electrons. The molecule has 5 nitrogen and oxygen atoms in total. The van der Waals surface area contributed by atoms with Crippen LogP contribution in [-0.2, 0) is 0 Å². The highest BCUT2D eigenvalue weighted by atomic mass is 16.2. The summed E-state index contributed by atoms with van der Waals surface area (Å²) in [5.41, 5.74) is 9.91. The van der Waals surface area contributed by atoms with E-state index in [1.54, 1.807) is 30.7 Å². The molecule has 2 heterocycles. The van der Waals surface area contributed by atoms with Gasteiger partial charge in [-0.3, -0.25) is 9.78 Å². The van der Waals surface area contributed by atoms with Crippen molar-refractivity contribution >= 4 is 12.1 Å². The molecule has 0 aliphatic carbocycles. The van der Waals surface area contributed by atoms with Crippen LogP contribution in [0.15, 0.2) is 53.9 Å². The Hall–Kier alpha value is -3.21. The fourth-order valence-electron chi connectivity index (χ4n) is 3.15. The number of carbonyl (C=O) groups is 1. The van der Waals surface area contributed by atoms with Gasteiger partial charge in [0, 0.05) is 34.9 Å². The first kappa shape index (κ1) is 17.6. The first-order valence-corrected chi connectivity index (χ1v) is 8.48. The number of benzene rings is 1. The highest BCUT2D eigenvalue weighted by molar-refractivity contribution is 5.94. The van der Waals surface area contributed by atoms with Gasteiger partial charge in [0.15, 0.2) is 0 Å². The molecule has 1 N–H and O–H groups in total. The average Bonchev–Trinajstić information content (AvgIpc) is 2.90. The number of aryl methyl sites for hydroxylation is 3. The van der Waals surface area contributed by atoms with Crippen LogP contribution in [0.4, 0.5) is 0 Å². The van der Waals surface area contributed by atoms with Crippen molar-refractivity contribution in [1.29, 1.82) is 0 Å². The summed E-state index contributed by atoms with van der Waals surface area (Å²) in [5, 5.41) is 4.11. The van der Waals surface area contributed by atoms with E-state index in [0.29, 0.717) is 5.56 Å². The smallest absolute Gasteiger partial charge is 0.271 e. The van der Waals surface area contributed by atoms with Crippen LogP contribution >= 0.6 is 0 Å². The highest BCUT2D eigenvalue weighted by Gasteiger charge is 2.13. The number of nitrogens with one attached hydrogen (secondary N) is 1. The molecule has 0 radical (unpaired) electrons. The third-order valence-electron chi connectivity index (χ3n) is 4.45. The molecular weight excluding hydrogens is 324 g/mol. The molecule has 3 aromatic rings. The largest absolute Gasteiger partial charge is 0.317 e. The molecule has 0 aliphatic rings. The lowest BCUT2D eigenvalue weighted by atomic mass is 10.1. The number of amides is 1. The van der Waals surface area contributed by atoms with E-state index in [1.165, 1.54) is 16.8 Å². The predicted octanol–water partition coefficient (Wildman–Crippen LogP) is 3.87. The molecule has 0 atom stereocenters. The van der Waals surface area contributed by atoms with Gasteiger partial charge in [-0.05, 0) is 57.0 Å². The molecule has 0 fully saturated rings. The van der Waals surface area contributed by atoms with Crippen molar-refractivity contribution in [2.24, 2.45) is 5.10 Å². The van der Waals surface area contributed by atoms with Crippen molar-refractivity contribution in [2.75, 3.05) is 0 Å². The van der Waals surface area contributed by atoms with Crippen LogP contribution in [0.3, 0.4) is 0 Å². The van der Waals surface area contributed by atoms with E-state index >= 15 is 0 Å². The third-order valence-corrected chi connectivity index (χ3v) is 4.45. The van der Waals surface area contributed by atoms with Gasteiger partial charge in [-0.1, -0.05) is 18.2 Å². The Balaban J connectivity index is 1.86.